The van der Waals surface area contributed by atoms with E-state index < -0.39 is 39.0 Å². The highest BCUT2D eigenvalue weighted by atomic mass is 32.1. The predicted molar refractivity (Wildman–Crippen MR) is 73.2 cm³/mol. The summed E-state index contributed by atoms with van der Waals surface area (Å²) >= 11 is 4.91. The Morgan fingerprint density at radius 2 is 1.86 bits per heavy atom. The van der Waals surface area contributed by atoms with E-state index in [0.717, 1.165) is 0 Å². The largest absolute Gasteiger partial charge is 0.466 e. The van der Waals surface area contributed by atoms with Crippen LogP contribution in [-0.2, 0) is 9.30 Å². The third kappa shape index (κ3) is 5.35. The molecule has 1 aliphatic heterocycles. The number of aliphatic hydroxyl groups excluding tert-OH is 3. The maximum atomic E-state index is 11.0. The molecule has 1 fully saturated rings. The zero-order chi connectivity index (χ0) is 17.1. The number of aliphatic hydroxyl groups is 3. The highest BCUT2D eigenvalue weighted by Gasteiger charge is 2.43. The monoisotopic (exact) mass is 358 g/mol. The van der Waals surface area contributed by atoms with Gasteiger partial charge in [0.15, 0.2) is 11.0 Å². The Morgan fingerprint density at radius 1 is 1.32 bits per heavy atom. The molecule has 0 spiro atoms. The second-order valence-electron chi connectivity index (χ2n) is 4.26. The molecule has 1 aromatic rings. The van der Waals surface area contributed by atoms with Crippen LogP contribution in [0.1, 0.15) is 6.23 Å². The number of aromatic amines is 1. The van der Waals surface area contributed by atoms with E-state index in [0.29, 0.717) is 0 Å². The van der Waals surface area contributed by atoms with Gasteiger partial charge in [0.25, 0.3) is 5.56 Å². The molecule has 11 nitrogen and oxygen atoms in total. The van der Waals surface area contributed by atoms with Crippen LogP contribution in [0, 0.1) is 4.77 Å². The van der Waals surface area contributed by atoms with Gasteiger partial charge in [-0.05, 0) is 12.2 Å². The van der Waals surface area contributed by atoms with Gasteiger partial charge in [0.1, 0.15) is 18.3 Å². The van der Waals surface area contributed by atoms with Crippen LogP contribution in [0.5, 0.6) is 0 Å². The maximum Gasteiger partial charge on any atom is 0.466 e. The summed E-state index contributed by atoms with van der Waals surface area (Å²) in [7, 11) is -4.64. The fourth-order valence-corrected chi connectivity index (χ4v) is 2.00. The first-order valence-electron chi connectivity index (χ1n) is 5.77. The minimum Gasteiger partial charge on any atom is -0.394 e. The van der Waals surface area contributed by atoms with Crippen LogP contribution in [0.2, 0.25) is 0 Å². The molecule has 1 aromatic heterocycles. The SMILES string of the molecule is O=P(O)(O)O.O=c1ccn([C@@H]2O[C@H](CO)[C@@H](O)[C@H]2O)c(=S)[nH]1. The van der Waals surface area contributed by atoms with E-state index in [4.69, 9.17) is 41.3 Å². The second kappa shape index (κ2) is 7.55. The number of ether oxygens (including phenoxy) is 1. The molecule has 0 saturated carbocycles. The summed E-state index contributed by atoms with van der Waals surface area (Å²) in [6.45, 7) is -0.411. The first-order chi connectivity index (χ1) is 10.0. The molecule has 4 atom stereocenters. The molecule has 2 rings (SSSR count). The Kier molecular flexibility index (Phi) is 6.55. The van der Waals surface area contributed by atoms with E-state index in [1.165, 1.54) is 16.8 Å². The van der Waals surface area contributed by atoms with Crippen molar-refractivity contribution < 1.29 is 39.3 Å². The van der Waals surface area contributed by atoms with Crippen LogP contribution < -0.4 is 5.56 Å². The van der Waals surface area contributed by atoms with Crippen LogP contribution in [0.4, 0.5) is 0 Å². The fraction of sp³-hybridized carbons (Fsp3) is 0.556. The van der Waals surface area contributed by atoms with Crippen molar-refractivity contribution in [3.8, 4) is 0 Å². The van der Waals surface area contributed by atoms with Crippen molar-refractivity contribution in [3.63, 3.8) is 0 Å². The van der Waals surface area contributed by atoms with Gasteiger partial charge in [-0.25, -0.2) is 4.57 Å². The van der Waals surface area contributed by atoms with Crippen molar-refractivity contribution in [2.45, 2.75) is 24.5 Å². The molecule has 1 saturated heterocycles. The van der Waals surface area contributed by atoms with Crippen molar-refractivity contribution >= 4 is 20.0 Å². The van der Waals surface area contributed by atoms with Crippen LogP contribution in [0.15, 0.2) is 17.1 Å². The lowest BCUT2D eigenvalue weighted by Crippen LogP contribution is -2.33. The Hall–Kier alpha value is -0.950. The minimum absolute atomic E-state index is 0.0762. The average Bonchev–Trinajstić information content (AvgIpc) is 2.64. The van der Waals surface area contributed by atoms with E-state index in [9.17, 15) is 15.0 Å². The van der Waals surface area contributed by atoms with Crippen molar-refractivity contribution in [2.75, 3.05) is 6.61 Å². The number of nitrogens with zero attached hydrogens (tertiary/aromatic N) is 1. The van der Waals surface area contributed by atoms with E-state index in [2.05, 4.69) is 4.98 Å². The third-order valence-corrected chi connectivity index (χ3v) is 2.96. The lowest BCUT2D eigenvalue weighted by Gasteiger charge is -2.17. The van der Waals surface area contributed by atoms with E-state index >= 15 is 0 Å². The van der Waals surface area contributed by atoms with Gasteiger partial charge in [0.05, 0.1) is 6.61 Å². The molecule has 1 aliphatic rings. The molecule has 22 heavy (non-hydrogen) atoms. The predicted octanol–water partition coefficient (Wildman–Crippen LogP) is -2.41. The molecular weight excluding hydrogens is 343 g/mol. The standard InChI is InChI=1S/C9H12N2O5S.H3O4P/c12-3-4-6(14)7(15)8(16-4)11-2-1-5(13)10-9(11)17;1-5(2,3)4/h1-2,4,6-8,12,14-15H,3H2,(H,10,13,17);(H3,1,2,3,4)/t4-,6-,7-,8-;/m1./s1. The molecule has 0 aliphatic carbocycles. The normalized spacial score (nSPS) is 28.1. The molecule has 2 heterocycles. The fourth-order valence-electron chi connectivity index (χ4n) is 1.74. The highest BCUT2D eigenvalue weighted by molar-refractivity contribution is 7.71. The summed E-state index contributed by atoms with van der Waals surface area (Å²) in [5, 5.41) is 28.3. The van der Waals surface area contributed by atoms with Crippen LogP contribution in [-0.4, -0.2) is 64.5 Å². The van der Waals surface area contributed by atoms with Gasteiger partial charge in [-0.2, -0.15) is 0 Å². The summed E-state index contributed by atoms with van der Waals surface area (Å²) in [4.78, 5) is 34.9. The minimum atomic E-state index is -4.64. The molecular formula is C9H15N2O9PS. The lowest BCUT2D eigenvalue weighted by atomic mass is 10.1. The summed E-state index contributed by atoms with van der Waals surface area (Å²) in [5.41, 5.74) is -0.363. The number of rotatable bonds is 2. The van der Waals surface area contributed by atoms with Crippen LogP contribution in [0.25, 0.3) is 0 Å². The first kappa shape index (κ1) is 19.1. The zero-order valence-electron chi connectivity index (χ0n) is 10.9. The summed E-state index contributed by atoms with van der Waals surface area (Å²) in [5.74, 6) is 0. The Morgan fingerprint density at radius 3 is 2.27 bits per heavy atom. The average molecular weight is 358 g/mol. The molecule has 126 valence electrons. The van der Waals surface area contributed by atoms with Gasteiger partial charge in [0.2, 0.25) is 0 Å². The summed E-state index contributed by atoms with van der Waals surface area (Å²) < 4.78 is 15.5. The number of aromatic nitrogens is 2. The Bertz CT molecular complexity index is 647. The zero-order valence-corrected chi connectivity index (χ0v) is 12.6. The van der Waals surface area contributed by atoms with Crippen molar-refractivity contribution in [1.82, 2.24) is 9.55 Å². The number of H-pyrrole nitrogens is 1. The van der Waals surface area contributed by atoms with Gasteiger partial charge >= 0.3 is 7.82 Å². The summed E-state index contributed by atoms with van der Waals surface area (Å²) in [6.07, 6.45) is -2.85. The Labute approximate surface area is 128 Å². The van der Waals surface area contributed by atoms with Gasteiger partial charge in [-0.3, -0.25) is 14.3 Å². The molecule has 0 unspecified atom stereocenters. The third-order valence-electron chi connectivity index (χ3n) is 2.64. The molecule has 13 heteroatoms. The number of hydrogen-bond donors (Lipinski definition) is 7. The molecule has 0 aromatic carbocycles. The van der Waals surface area contributed by atoms with Crippen molar-refractivity contribution in [3.05, 3.63) is 27.4 Å². The number of hydrogen-bond acceptors (Lipinski definition) is 7. The highest BCUT2D eigenvalue weighted by Crippen LogP contribution is 2.28. The summed E-state index contributed by atoms with van der Waals surface area (Å²) in [6, 6.07) is 1.23. The number of phosphoric acid groups is 1. The molecule has 0 bridgehead atoms. The first-order valence-corrected chi connectivity index (χ1v) is 7.74. The van der Waals surface area contributed by atoms with E-state index in [-0.39, 0.29) is 10.3 Å². The van der Waals surface area contributed by atoms with Gasteiger partial charge < -0.3 is 34.7 Å². The molecule has 7 N–H and O–H groups in total. The maximum absolute atomic E-state index is 11.0. The van der Waals surface area contributed by atoms with Crippen LogP contribution in [0.3, 0.4) is 0 Å². The Balaban J connectivity index is 0.000000422. The van der Waals surface area contributed by atoms with Crippen molar-refractivity contribution in [2.24, 2.45) is 0 Å². The van der Waals surface area contributed by atoms with Crippen molar-refractivity contribution in [1.29, 1.82) is 0 Å². The quantitative estimate of drug-likeness (QED) is 0.222. The molecule has 0 amide bonds. The van der Waals surface area contributed by atoms with E-state index in [1.807, 2.05) is 0 Å². The van der Waals surface area contributed by atoms with E-state index in [1.54, 1.807) is 0 Å². The van der Waals surface area contributed by atoms with Crippen LogP contribution >= 0.6 is 20.0 Å². The topological polar surface area (TPSA) is 185 Å². The smallest absolute Gasteiger partial charge is 0.394 e. The van der Waals surface area contributed by atoms with Gasteiger partial charge in [0, 0.05) is 12.3 Å². The van der Waals surface area contributed by atoms with Gasteiger partial charge in [-0.15, -0.1) is 0 Å². The molecule has 0 radical (unpaired) electrons. The number of nitrogens with one attached hydrogen (secondary N) is 1. The lowest BCUT2D eigenvalue weighted by molar-refractivity contribution is -0.0541. The van der Waals surface area contributed by atoms with Gasteiger partial charge in [-0.1, -0.05) is 0 Å². The second-order valence-corrected chi connectivity index (χ2v) is 5.67.